The van der Waals surface area contributed by atoms with Crippen molar-refractivity contribution in [1.29, 1.82) is 0 Å². The molecule has 4 unspecified atom stereocenters. The Morgan fingerprint density at radius 1 is 0.643 bits per heavy atom. The predicted molar refractivity (Wildman–Crippen MR) is 49.2 cm³/mol. The molecule has 2 heteroatoms. The molecule has 70 valence electrons. The molecule has 0 aromatic carbocycles. The minimum absolute atomic E-state index is 0.0638. The van der Waals surface area contributed by atoms with Gasteiger partial charge < -0.3 is 0 Å². The van der Waals surface area contributed by atoms with Gasteiger partial charge in [0.2, 0.25) is 0 Å². The van der Waals surface area contributed by atoms with Crippen LogP contribution in [0.1, 0.15) is 0 Å². The van der Waals surface area contributed by atoms with Crippen LogP contribution in [0.5, 0.6) is 0 Å². The molecule has 4 aliphatic rings. The van der Waals surface area contributed by atoms with Gasteiger partial charge in [-0.3, -0.25) is 9.59 Å². The molecule has 0 N–H and O–H groups in total. The Morgan fingerprint density at radius 3 is 1.21 bits per heavy atom. The average Bonchev–Trinajstić information content (AvgIpc) is 2.83. The predicted octanol–water partition coefficient (Wildman–Crippen LogP) is 0.989. The van der Waals surface area contributed by atoms with Crippen molar-refractivity contribution in [2.45, 2.75) is 0 Å². The first-order valence-corrected chi connectivity index (χ1v) is 5.23. The first kappa shape index (κ1) is 7.16. The average molecular weight is 186 g/mol. The molecule has 0 aliphatic heterocycles. The maximum Gasteiger partial charge on any atom is 0.147 e. The SMILES string of the molecule is O=C1C2C=CC3C(=O)C4C=CC1C4C23. The van der Waals surface area contributed by atoms with Crippen molar-refractivity contribution in [2.24, 2.45) is 35.5 Å². The van der Waals surface area contributed by atoms with E-state index in [1.54, 1.807) is 0 Å². The van der Waals surface area contributed by atoms with Gasteiger partial charge in [-0.25, -0.2) is 0 Å². The van der Waals surface area contributed by atoms with E-state index in [0.717, 1.165) is 0 Å². The molecule has 0 aromatic heterocycles. The number of Topliss-reactive ketones (excluding diaryl/α,β-unsaturated/α-hetero) is 2. The summed E-state index contributed by atoms with van der Waals surface area (Å²) in [6.07, 6.45) is 7.88. The molecule has 4 aliphatic carbocycles. The van der Waals surface area contributed by atoms with Gasteiger partial charge in [0.15, 0.2) is 0 Å². The van der Waals surface area contributed by atoms with E-state index in [0.29, 0.717) is 23.4 Å². The number of hydrogen-bond donors (Lipinski definition) is 0. The molecule has 4 rings (SSSR count). The number of carbonyl (C=O) groups is 2. The fraction of sp³-hybridized carbons (Fsp3) is 0.500. The number of carbonyl (C=O) groups excluding carboxylic acids is 2. The zero-order valence-corrected chi connectivity index (χ0v) is 7.59. The number of hydrogen-bond acceptors (Lipinski definition) is 2. The molecule has 2 nitrogen and oxygen atoms in total. The summed E-state index contributed by atoms with van der Waals surface area (Å²) in [6, 6.07) is 0. The molecule has 0 heterocycles. The molecular weight excluding hydrogens is 176 g/mol. The van der Waals surface area contributed by atoms with Crippen LogP contribution in [0.3, 0.4) is 0 Å². The Labute approximate surface area is 81.7 Å². The largest absolute Gasteiger partial charge is 0.298 e. The van der Waals surface area contributed by atoms with Crippen LogP contribution in [0, 0.1) is 35.5 Å². The van der Waals surface area contributed by atoms with Gasteiger partial charge >= 0.3 is 0 Å². The highest BCUT2D eigenvalue weighted by molar-refractivity contribution is 6.00. The van der Waals surface area contributed by atoms with E-state index in [-0.39, 0.29) is 23.7 Å². The van der Waals surface area contributed by atoms with Crippen LogP contribution in [0.4, 0.5) is 0 Å². The van der Waals surface area contributed by atoms with Crippen molar-refractivity contribution < 1.29 is 9.59 Å². The van der Waals surface area contributed by atoms with Crippen molar-refractivity contribution in [2.75, 3.05) is 0 Å². The Bertz CT molecular complexity index is 346. The summed E-state index contributed by atoms with van der Waals surface area (Å²) in [6.45, 7) is 0. The summed E-state index contributed by atoms with van der Waals surface area (Å²) in [5.41, 5.74) is 0. The fourth-order valence-electron chi connectivity index (χ4n) is 3.98. The lowest BCUT2D eigenvalue weighted by Gasteiger charge is -2.12. The third-order valence-corrected chi connectivity index (χ3v) is 4.47. The van der Waals surface area contributed by atoms with Gasteiger partial charge in [-0.2, -0.15) is 0 Å². The molecule has 4 atom stereocenters. The lowest BCUT2D eigenvalue weighted by atomic mass is 9.88. The molecule has 2 fully saturated rings. The van der Waals surface area contributed by atoms with Gasteiger partial charge in [0.25, 0.3) is 0 Å². The van der Waals surface area contributed by atoms with Gasteiger partial charge in [-0.05, 0) is 11.8 Å². The van der Waals surface area contributed by atoms with Crippen molar-refractivity contribution in [3.8, 4) is 0 Å². The summed E-state index contributed by atoms with van der Waals surface area (Å²) in [4.78, 5) is 23.9. The van der Waals surface area contributed by atoms with Gasteiger partial charge in [-0.1, -0.05) is 24.3 Å². The maximum absolute atomic E-state index is 11.9. The van der Waals surface area contributed by atoms with Gasteiger partial charge in [0.1, 0.15) is 11.6 Å². The molecule has 14 heavy (non-hydrogen) atoms. The Balaban J connectivity index is 1.96. The summed E-state index contributed by atoms with van der Waals surface area (Å²) < 4.78 is 0. The Morgan fingerprint density at radius 2 is 0.929 bits per heavy atom. The monoisotopic (exact) mass is 186 g/mol. The molecule has 0 saturated heterocycles. The van der Waals surface area contributed by atoms with Crippen LogP contribution < -0.4 is 0 Å². The molecule has 0 amide bonds. The van der Waals surface area contributed by atoms with E-state index in [9.17, 15) is 9.59 Å². The minimum Gasteiger partial charge on any atom is -0.298 e. The summed E-state index contributed by atoms with van der Waals surface area (Å²) in [5.74, 6) is 1.60. The number of rotatable bonds is 0. The molecular formula is C12H10O2. The molecule has 0 spiro atoms. The van der Waals surface area contributed by atoms with Crippen molar-refractivity contribution in [3.63, 3.8) is 0 Å². The lowest BCUT2D eigenvalue weighted by molar-refractivity contribution is -0.124. The van der Waals surface area contributed by atoms with E-state index in [4.69, 9.17) is 0 Å². The van der Waals surface area contributed by atoms with E-state index < -0.39 is 0 Å². The van der Waals surface area contributed by atoms with Crippen LogP contribution in [0.15, 0.2) is 24.3 Å². The summed E-state index contributed by atoms with van der Waals surface area (Å²) in [7, 11) is 0. The van der Waals surface area contributed by atoms with Crippen LogP contribution in [0.2, 0.25) is 0 Å². The normalized spacial score (nSPS) is 56.3. The second-order valence-corrected chi connectivity index (χ2v) is 4.83. The second kappa shape index (κ2) is 1.92. The molecule has 0 aromatic rings. The fourth-order valence-corrected chi connectivity index (χ4v) is 3.98. The minimum atomic E-state index is 0.0638. The van der Waals surface area contributed by atoms with E-state index >= 15 is 0 Å². The van der Waals surface area contributed by atoms with Crippen molar-refractivity contribution >= 4 is 11.6 Å². The first-order valence-electron chi connectivity index (χ1n) is 5.23. The van der Waals surface area contributed by atoms with Gasteiger partial charge in [0.05, 0.1) is 0 Å². The quantitative estimate of drug-likeness (QED) is 0.529. The van der Waals surface area contributed by atoms with Crippen LogP contribution in [0.25, 0.3) is 0 Å². The second-order valence-electron chi connectivity index (χ2n) is 4.83. The summed E-state index contributed by atoms with van der Waals surface area (Å²) in [5, 5.41) is 0. The van der Waals surface area contributed by atoms with Crippen LogP contribution in [-0.4, -0.2) is 11.6 Å². The van der Waals surface area contributed by atoms with Crippen molar-refractivity contribution in [3.05, 3.63) is 24.3 Å². The summed E-state index contributed by atoms with van der Waals surface area (Å²) >= 11 is 0. The highest BCUT2D eigenvalue weighted by Gasteiger charge is 2.64. The Hall–Kier alpha value is -1.18. The van der Waals surface area contributed by atoms with Crippen LogP contribution >= 0.6 is 0 Å². The highest BCUT2D eigenvalue weighted by atomic mass is 16.1. The smallest absolute Gasteiger partial charge is 0.147 e. The standard InChI is InChI=1S/C12H10O2/c13-11-5-1-2-6-9(5)10-7(11)3-4-8(10)12(6)14/h1-10H. The molecule has 0 radical (unpaired) electrons. The maximum atomic E-state index is 11.9. The first-order chi connectivity index (χ1) is 6.79. The Kier molecular flexibility index (Phi) is 0.983. The zero-order valence-electron chi connectivity index (χ0n) is 7.59. The number of ketones is 2. The van der Waals surface area contributed by atoms with Gasteiger partial charge in [0, 0.05) is 23.7 Å². The van der Waals surface area contributed by atoms with E-state index in [2.05, 4.69) is 0 Å². The van der Waals surface area contributed by atoms with E-state index in [1.165, 1.54) is 0 Å². The molecule has 2 saturated carbocycles. The van der Waals surface area contributed by atoms with Gasteiger partial charge in [-0.15, -0.1) is 0 Å². The molecule has 0 bridgehead atoms. The van der Waals surface area contributed by atoms with Crippen LogP contribution in [-0.2, 0) is 9.59 Å². The van der Waals surface area contributed by atoms with Crippen molar-refractivity contribution in [1.82, 2.24) is 0 Å². The highest BCUT2D eigenvalue weighted by Crippen LogP contribution is 2.59. The third-order valence-electron chi connectivity index (χ3n) is 4.47. The third kappa shape index (κ3) is 0.519. The lowest BCUT2D eigenvalue weighted by Crippen LogP contribution is -2.17. The topological polar surface area (TPSA) is 34.1 Å². The number of allylic oxidation sites excluding steroid dienone is 4. The van der Waals surface area contributed by atoms with E-state index in [1.807, 2.05) is 24.3 Å². The zero-order chi connectivity index (χ0) is 9.45.